The molecule has 0 saturated carbocycles. The average molecular weight is 445 g/mol. The topological polar surface area (TPSA) is 121 Å². The van der Waals surface area contributed by atoms with E-state index < -0.39 is 35.5 Å². The van der Waals surface area contributed by atoms with Crippen LogP contribution in [0.15, 0.2) is 0 Å². The van der Waals surface area contributed by atoms with Gasteiger partial charge in [-0.2, -0.15) is 0 Å². The van der Waals surface area contributed by atoms with E-state index >= 15 is 0 Å². The number of ether oxygens (including phenoxy) is 1. The highest BCUT2D eigenvalue weighted by Gasteiger charge is 2.61. The molecule has 0 aromatic heterocycles. The summed E-state index contributed by atoms with van der Waals surface area (Å²) < 4.78 is 5.59. The summed E-state index contributed by atoms with van der Waals surface area (Å²) in [6.45, 7) is 5.33. The van der Waals surface area contributed by atoms with Gasteiger partial charge in [-0.15, -0.1) is 0 Å². The third-order valence-electron chi connectivity index (χ3n) is 6.27. The van der Waals surface area contributed by atoms with E-state index in [1.54, 1.807) is 0 Å². The van der Waals surface area contributed by atoms with Gasteiger partial charge in [0.15, 0.2) is 5.60 Å². The molecule has 0 radical (unpaired) electrons. The summed E-state index contributed by atoms with van der Waals surface area (Å²) >= 11 is 0. The molecule has 0 bridgehead atoms. The molecule has 1 unspecified atom stereocenters. The number of hydrogen-bond acceptors (Lipinski definition) is 4. The Morgan fingerprint density at radius 2 is 1.03 bits per heavy atom. The van der Waals surface area contributed by atoms with Crippen molar-refractivity contribution in [3.63, 3.8) is 0 Å². The number of carboxylic acid groups (broad SMARTS) is 3. The molecule has 7 heteroatoms. The number of rotatable bonds is 21. The molecule has 0 aliphatic rings. The van der Waals surface area contributed by atoms with Gasteiger partial charge >= 0.3 is 17.9 Å². The van der Waals surface area contributed by atoms with Crippen LogP contribution in [0.5, 0.6) is 0 Å². The molecular formula is C24H44O7. The number of carbonyl (C=O) groups is 3. The van der Waals surface area contributed by atoms with Crippen molar-refractivity contribution in [1.82, 2.24) is 0 Å². The van der Waals surface area contributed by atoms with Crippen LogP contribution < -0.4 is 0 Å². The molecule has 0 amide bonds. The second-order valence-corrected chi connectivity index (χ2v) is 8.63. The summed E-state index contributed by atoms with van der Waals surface area (Å²) in [5.41, 5.74) is -3.70. The SMILES string of the molecule is CCCCCCC(CCCCCC)(C(=O)O)C(CCCCCC)(OCC(=O)O)C(=O)O. The predicted molar refractivity (Wildman–Crippen MR) is 120 cm³/mol. The Kier molecular flexibility index (Phi) is 15.2. The normalized spacial score (nSPS) is 13.6. The lowest BCUT2D eigenvalue weighted by Crippen LogP contribution is -2.60. The van der Waals surface area contributed by atoms with Crippen molar-refractivity contribution in [2.75, 3.05) is 6.61 Å². The van der Waals surface area contributed by atoms with E-state index in [9.17, 15) is 29.7 Å². The van der Waals surface area contributed by atoms with Crippen molar-refractivity contribution in [1.29, 1.82) is 0 Å². The summed E-state index contributed by atoms with van der Waals surface area (Å²) in [5.74, 6) is -3.85. The first-order valence-corrected chi connectivity index (χ1v) is 12.1. The van der Waals surface area contributed by atoms with Crippen LogP contribution in [-0.2, 0) is 19.1 Å². The van der Waals surface area contributed by atoms with Crippen molar-refractivity contribution in [3.8, 4) is 0 Å². The minimum Gasteiger partial charge on any atom is -0.481 e. The van der Waals surface area contributed by atoms with Gasteiger partial charge in [0.1, 0.15) is 12.0 Å². The highest BCUT2D eigenvalue weighted by Crippen LogP contribution is 2.48. The van der Waals surface area contributed by atoms with Crippen LogP contribution in [0.4, 0.5) is 0 Å². The molecule has 0 aromatic rings. The first kappa shape index (κ1) is 29.4. The molecular weight excluding hydrogens is 400 g/mol. The summed E-state index contributed by atoms with van der Waals surface area (Å²) in [6, 6.07) is 0. The molecule has 0 spiro atoms. The maximum Gasteiger partial charge on any atom is 0.337 e. The van der Waals surface area contributed by atoms with Crippen LogP contribution in [-0.4, -0.2) is 45.4 Å². The summed E-state index contributed by atoms with van der Waals surface area (Å²) in [5, 5.41) is 29.9. The molecule has 0 saturated heterocycles. The van der Waals surface area contributed by atoms with Crippen molar-refractivity contribution < 1.29 is 34.4 Å². The Balaban J connectivity index is 6.18. The van der Waals surface area contributed by atoms with Crippen LogP contribution in [0.3, 0.4) is 0 Å². The van der Waals surface area contributed by atoms with Crippen LogP contribution >= 0.6 is 0 Å². The van der Waals surface area contributed by atoms with E-state index in [1.165, 1.54) is 0 Å². The largest absolute Gasteiger partial charge is 0.481 e. The van der Waals surface area contributed by atoms with Gasteiger partial charge in [0, 0.05) is 0 Å². The second kappa shape index (κ2) is 16.1. The highest BCUT2D eigenvalue weighted by atomic mass is 16.5. The monoisotopic (exact) mass is 444 g/mol. The zero-order chi connectivity index (χ0) is 23.8. The molecule has 182 valence electrons. The van der Waals surface area contributed by atoms with Gasteiger partial charge in [0.25, 0.3) is 0 Å². The number of aliphatic carboxylic acids is 3. The lowest BCUT2D eigenvalue weighted by Gasteiger charge is -2.45. The van der Waals surface area contributed by atoms with Gasteiger partial charge in [-0.3, -0.25) is 4.79 Å². The van der Waals surface area contributed by atoms with Crippen LogP contribution in [0, 0.1) is 5.41 Å². The van der Waals surface area contributed by atoms with E-state index in [0.717, 1.165) is 57.8 Å². The Morgan fingerprint density at radius 3 is 1.35 bits per heavy atom. The van der Waals surface area contributed by atoms with Gasteiger partial charge in [-0.1, -0.05) is 91.4 Å². The van der Waals surface area contributed by atoms with Crippen molar-refractivity contribution in [2.45, 2.75) is 123 Å². The molecule has 3 N–H and O–H groups in total. The fourth-order valence-electron chi connectivity index (χ4n) is 4.43. The lowest BCUT2D eigenvalue weighted by molar-refractivity contribution is -0.208. The summed E-state index contributed by atoms with van der Waals surface area (Å²) in [6.07, 6.45) is 10.1. The first-order valence-electron chi connectivity index (χ1n) is 12.1. The highest BCUT2D eigenvalue weighted by molar-refractivity contribution is 5.89. The lowest BCUT2D eigenvalue weighted by atomic mass is 9.63. The average Bonchev–Trinajstić information content (AvgIpc) is 2.72. The molecule has 0 heterocycles. The van der Waals surface area contributed by atoms with Gasteiger partial charge in [-0.25, -0.2) is 9.59 Å². The van der Waals surface area contributed by atoms with Crippen LogP contribution in [0.25, 0.3) is 0 Å². The number of hydrogen-bond donors (Lipinski definition) is 3. The Bertz CT molecular complexity index is 520. The quantitative estimate of drug-likeness (QED) is 0.189. The minimum atomic E-state index is -2.05. The molecule has 7 nitrogen and oxygen atoms in total. The van der Waals surface area contributed by atoms with Gasteiger partial charge < -0.3 is 20.1 Å². The zero-order valence-corrected chi connectivity index (χ0v) is 19.8. The van der Waals surface area contributed by atoms with E-state index in [4.69, 9.17) is 4.74 Å². The molecule has 0 aliphatic heterocycles. The molecule has 0 fully saturated rings. The smallest absolute Gasteiger partial charge is 0.337 e. The molecule has 0 rings (SSSR count). The minimum absolute atomic E-state index is 0.00344. The maximum absolute atomic E-state index is 12.7. The standard InChI is InChI=1S/C24H44O7/c1-4-7-10-13-16-23(21(27)28,17-14-11-8-5-2)24(22(29)30,31-19-20(25)26)18-15-12-9-6-3/h4-19H2,1-3H3,(H,25,26)(H,27,28)(H,29,30). The Hall–Kier alpha value is -1.63. The van der Waals surface area contributed by atoms with E-state index in [1.807, 2.05) is 6.92 Å². The summed E-state index contributed by atoms with van der Waals surface area (Å²) in [7, 11) is 0. The fourth-order valence-corrected chi connectivity index (χ4v) is 4.43. The Morgan fingerprint density at radius 1 is 0.613 bits per heavy atom. The van der Waals surface area contributed by atoms with E-state index in [2.05, 4.69) is 13.8 Å². The maximum atomic E-state index is 12.7. The van der Waals surface area contributed by atoms with Crippen molar-refractivity contribution >= 4 is 17.9 Å². The predicted octanol–water partition coefficient (Wildman–Crippen LogP) is 5.89. The Labute approximate surface area is 187 Å². The molecule has 0 aromatic carbocycles. The molecule has 0 aliphatic carbocycles. The van der Waals surface area contributed by atoms with Gasteiger partial charge in [0.05, 0.1) is 0 Å². The first-order chi connectivity index (χ1) is 14.7. The van der Waals surface area contributed by atoms with Gasteiger partial charge in [0.2, 0.25) is 0 Å². The third kappa shape index (κ3) is 9.17. The molecule has 31 heavy (non-hydrogen) atoms. The second-order valence-electron chi connectivity index (χ2n) is 8.63. The van der Waals surface area contributed by atoms with Gasteiger partial charge in [-0.05, 0) is 25.7 Å². The van der Waals surface area contributed by atoms with Crippen LogP contribution in [0.1, 0.15) is 117 Å². The number of carboxylic acids is 3. The fraction of sp³-hybridized carbons (Fsp3) is 0.875. The van der Waals surface area contributed by atoms with Crippen molar-refractivity contribution in [3.05, 3.63) is 0 Å². The summed E-state index contributed by atoms with van der Waals surface area (Å²) in [4.78, 5) is 36.7. The van der Waals surface area contributed by atoms with Crippen LogP contribution in [0.2, 0.25) is 0 Å². The third-order valence-corrected chi connectivity index (χ3v) is 6.27. The molecule has 1 atom stereocenters. The van der Waals surface area contributed by atoms with E-state index in [-0.39, 0.29) is 19.3 Å². The number of unbranched alkanes of at least 4 members (excludes halogenated alkanes) is 9. The van der Waals surface area contributed by atoms with E-state index in [0.29, 0.717) is 19.3 Å². The zero-order valence-electron chi connectivity index (χ0n) is 19.8. The van der Waals surface area contributed by atoms with Crippen molar-refractivity contribution in [2.24, 2.45) is 5.41 Å².